The Balaban J connectivity index is 2.25. The van der Waals surface area contributed by atoms with Crippen molar-refractivity contribution in [1.29, 1.82) is 0 Å². The van der Waals surface area contributed by atoms with Gasteiger partial charge in [-0.2, -0.15) is 0 Å². The molecular weight excluding hydrogens is 283 g/mol. The van der Waals surface area contributed by atoms with E-state index < -0.39 is 11.7 Å². The molecule has 0 radical (unpaired) electrons. The predicted octanol–water partition coefficient (Wildman–Crippen LogP) is 3.32. The molecule has 3 N–H and O–H groups in total. The van der Waals surface area contributed by atoms with E-state index in [1.165, 1.54) is 25.3 Å². The quantitative estimate of drug-likeness (QED) is 0.854. The van der Waals surface area contributed by atoms with Gasteiger partial charge in [0.25, 0.3) is 5.91 Å². The Hall–Kier alpha value is -2.27. The lowest BCUT2D eigenvalue weighted by molar-refractivity contribution is 0.102. The average molecular weight is 295 g/mol. The molecule has 20 heavy (non-hydrogen) atoms. The molecule has 0 saturated heterocycles. The lowest BCUT2D eigenvalue weighted by atomic mass is 10.1. The molecule has 2 aromatic rings. The van der Waals surface area contributed by atoms with Crippen LogP contribution in [0.3, 0.4) is 0 Å². The summed E-state index contributed by atoms with van der Waals surface area (Å²) in [5.41, 5.74) is 6.82. The molecule has 0 bridgehead atoms. The third-order valence-corrected chi connectivity index (χ3v) is 2.94. The first-order valence-electron chi connectivity index (χ1n) is 5.71. The second-order valence-electron chi connectivity index (χ2n) is 4.04. The van der Waals surface area contributed by atoms with Gasteiger partial charge < -0.3 is 15.8 Å². The molecule has 0 atom stereocenters. The number of nitrogens with one attached hydrogen (secondary N) is 1. The van der Waals surface area contributed by atoms with Crippen LogP contribution < -0.4 is 15.8 Å². The fraction of sp³-hybridized carbons (Fsp3) is 0.0714. The number of benzene rings is 2. The van der Waals surface area contributed by atoms with Crippen molar-refractivity contribution in [2.75, 3.05) is 18.2 Å². The molecule has 104 valence electrons. The van der Waals surface area contributed by atoms with Crippen molar-refractivity contribution >= 4 is 28.9 Å². The van der Waals surface area contributed by atoms with Crippen molar-refractivity contribution < 1.29 is 13.9 Å². The number of nitrogens with two attached hydrogens (primary N) is 1. The van der Waals surface area contributed by atoms with Crippen molar-refractivity contribution in [3.63, 3.8) is 0 Å². The number of anilines is 2. The van der Waals surface area contributed by atoms with Gasteiger partial charge in [0, 0.05) is 17.4 Å². The first-order chi connectivity index (χ1) is 9.51. The average Bonchev–Trinajstić information content (AvgIpc) is 2.42. The molecule has 0 heterocycles. The Morgan fingerprint density at radius 3 is 2.70 bits per heavy atom. The Morgan fingerprint density at radius 1 is 1.30 bits per heavy atom. The van der Waals surface area contributed by atoms with E-state index in [1.54, 1.807) is 18.2 Å². The van der Waals surface area contributed by atoms with Gasteiger partial charge in [-0.25, -0.2) is 4.39 Å². The van der Waals surface area contributed by atoms with E-state index in [9.17, 15) is 9.18 Å². The van der Waals surface area contributed by atoms with Gasteiger partial charge in [-0.15, -0.1) is 0 Å². The standard InChI is InChI=1S/C14H12ClFN2O2/c1-20-13-6-8(17)2-4-10(13)14(19)18-9-3-5-12(16)11(15)7-9/h2-7H,17H2,1H3,(H,18,19). The lowest BCUT2D eigenvalue weighted by Gasteiger charge is -2.10. The Bertz CT molecular complexity index is 662. The topological polar surface area (TPSA) is 64.3 Å². The zero-order valence-electron chi connectivity index (χ0n) is 10.6. The number of carbonyl (C=O) groups is 1. The van der Waals surface area contributed by atoms with E-state index in [4.69, 9.17) is 22.1 Å². The maximum atomic E-state index is 13.0. The van der Waals surface area contributed by atoms with Crippen LogP contribution in [-0.4, -0.2) is 13.0 Å². The molecule has 0 fully saturated rings. The Labute approximate surface area is 120 Å². The van der Waals surface area contributed by atoms with Crippen LogP contribution >= 0.6 is 11.6 Å². The van der Waals surface area contributed by atoms with E-state index in [0.717, 1.165) is 0 Å². The van der Waals surface area contributed by atoms with Crippen molar-refractivity contribution in [3.8, 4) is 5.75 Å². The van der Waals surface area contributed by atoms with Crippen LogP contribution in [0.5, 0.6) is 5.75 Å². The van der Waals surface area contributed by atoms with Gasteiger partial charge in [0.05, 0.1) is 17.7 Å². The van der Waals surface area contributed by atoms with Gasteiger partial charge in [-0.1, -0.05) is 11.6 Å². The van der Waals surface area contributed by atoms with Crippen LogP contribution in [0.4, 0.5) is 15.8 Å². The van der Waals surface area contributed by atoms with Gasteiger partial charge >= 0.3 is 0 Å². The number of halogens is 2. The molecule has 0 unspecified atom stereocenters. The van der Waals surface area contributed by atoms with Gasteiger partial charge in [-0.3, -0.25) is 4.79 Å². The lowest BCUT2D eigenvalue weighted by Crippen LogP contribution is -2.13. The highest BCUT2D eigenvalue weighted by Gasteiger charge is 2.13. The number of ether oxygens (including phenoxy) is 1. The minimum absolute atomic E-state index is 0.0629. The molecule has 0 saturated carbocycles. The number of amides is 1. The van der Waals surface area contributed by atoms with Gasteiger partial charge in [-0.05, 0) is 30.3 Å². The third kappa shape index (κ3) is 3.00. The maximum Gasteiger partial charge on any atom is 0.259 e. The summed E-state index contributed by atoms with van der Waals surface area (Å²) < 4.78 is 18.1. The van der Waals surface area contributed by atoms with Crippen LogP contribution in [0.15, 0.2) is 36.4 Å². The van der Waals surface area contributed by atoms with E-state index >= 15 is 0 Å². The maximum absolute atomic E-state index is 13.0. The van der Waals surface area contributed by atoms with Gasteiger partial charge in [0.2, 0.25) is 0 Å². The summed E-state index contributed by atoms with van der Waals surface area (Å²) in [6, 6.07) is 8.62. The van der Waals surface area contributed by atoms with Crippen molar-refractivity contribution in [2.45, 2.75) is 0 Å². The molecule has 0 aliphatic heterocycles. The monoisotopic (exact) mass is 294 g/mol. The van der Waals surface area contributed by atoms with Crippen molar-refractivity contribution in [2.24, 2.45) is 0 Å². The number of hydrogen-bond acceptors (Lipinski definition) is 3. The summed E-state index contributed by atoms with van der Waals surface area (Å²) in [6.45, 7) is 0. The normalized spacial score (nSPS) is 10.2. The number of nitrogen functional groups attached to an aromatic ring is 1. The number of methoxy groups -OCH3 is 1. The molecule has 2 aromatic carbocycles. The van der Waals surface area contributed by atoms with Crippen LogP contribution in [0.2, 0.25) is 5.02 Å². The van der Waals surface area contributed by atoms with Gasteiger partial charge in [0.15, 0.2) is 0 Å². The van der Waals surface area contributed by atoms with E-state index in [-0.39, 0.29) is 5.02 Å². The molecule has 4 nitrogen and oxygen atoms in total. The zero-order valence-corrected chi connectivity index (χ0v) is 11.4. The zero-order chi connectivity index (χ0) is 14.7. The van der Waals surface area contributed by atoms with Crippen LogP contribution in [0.1, 0.15) is 10.4 Å². The summed E-state index contributed by atoms with van der Waals surface area (Å²) in [5.74, 6) is -0.588. The van der Waals surface area contributed by atoms with E-state index in [0.29, 0.717) is 22.7 Å². The first kappa shape index (κ1) is 14.1. The highest BCUT2D eigenvalue weighted by atomic mass is 35.5. The number of rotatable bonds is 3. The fourth-order valence-electron chi connectivity index (χ4n) is 1.67. The van der Waals surface area contributed by atoms with E-state index in [1.807, 2.05) is 0 Å². The Morgan fingerprint density at radius 2 is 2.05 bits per heavy atom. The minimum atomic E-state index is -0.547. The van der Waals surface area contributed by atoms with Crippen molar-refractivity contribution in [1.82, 2.24) is 0 Å². The van der Waals surface area contributed by atoms with Crippen LogP contribution in [-0.2, 0) is 0 Å². The first-order valence-corrected chi connectivity index (χ1v) is 6.09. The Kier molecular flexibility index (Phi) is 4.10. The molecule has 0 spiro atoms. The summed E-state index contributed by atoms with van der Waals surface area (Å²) in [5, 5.41) is 2.55. The number of carbonyl (C=O) groups excluding carboxylic acids is 1. The predicted molar refractivity (Wildman–Crippen MR) is 76.8 cm³/mol. The largest absolute Gasteiger partial charge is 0.496 e. The second-order valence-corrected chi connectivity index (χ2v) is 4.45. The third-order valence-electron chi connectivity index (χ3n) is 2.65. The highest BCUT2D eigenvalue weighted by Crippen LogP contribution is 2.24. The molecule has 2 rings (SSSR count). The molecule has 1 amide bonds. The minimum Gasteiger partial charge on any atom is -0.496 e. The van der Waals surface area contributed by atoms with E-state index in [2.05, 4.69) is 5.32 Å². The van der Waals surface area contributed by atoms with Crippen LogP contribution in [0, 0.1) is 5.82 Å². The summed E-state index contributed by atoms with van der Waals surface area (Å²) in [7, 11) is 1.44. The highest BCUT2D eigenvalue weighted by molar-refractivity contribution is 6.31. The van der Waals surface area contributed by atoms with Crippen LogP contribution in [0.25, 0.3) is 0 Å². The molecule has 6 heteroatoms. The second kappa shape index (κ2) is 5.79. The fourth-order valence-corrected chi connectivity index (χ4v) is 1.85. The molecule has 0 aromatic heterocycles. The molecular formula is C14H12ClFN2O2. The summed E-state index contributed by atoms with van der Waals surface area (Å²) >= 11 is 5.66. The SMILES string of the molecule is COc1cc(N)ccc1C(=O)Nc1ccc(F)c(Cl)c1. The summed E-state index contributed by atoms with van der Waals surface area (Å²) in [4.78, 5) is 12.1. The van der Waals surface area contributed by atoms with Gasteiger partial charge in [0.1, 0.15) is 11.6 Å². The number of hydrogen-bond donors (Lipinski definition) is 2. The molecule has 0 aliphatic carbocycles. The molecule has 0 aliphatic rings. The smallest absolute Gasteiger partial charge is 0.259 e. The summed E-state index contributed by atoms with van der Waals surface area (Å²) in [6.07, 6.45) is 0. The van der Waals surface area contributed by atoms with Crippen molar-refractivity contribution in [3.05, 3.63) is 52.8 Å².